The van der Waals surface area contributed by atoms with Gasteiger partial charge in [0, 0.05) is 18.0 Å². The number of aromatic hydroxyl groups is 1. The molecule has 2 heteroatoms. The molecule has 2 nitrogen and oxygen atoms in total. The molecule has 0 amide bonds. The van der Waals surface area contributed by atoms with E-state index in [2.05, 4.69) is 30.9 Å². The van der Waals surface area contributed by atoms with Crippen LogP contribution in [0.5, 0.6) is 5.75 Å². The van der Waals surface area contributed by atoms with E-state index in [9.17, 15) is 5.11 Å². The van der Waals surface area contributed by atoms with Crippen molar-refractivity contribution >= 4 is 0 Å². The van der Waals surface area contributed by atoms with Crippen LogP contribution < -0.4 is 0 Å². The van der Waals surface area contributed by atoms with Crippen LogP contribution in [0.4, 0.5) is 0 Å². The van der Waals surface area contributed by atoms with Crippen molar-refractivity contribution in [3.8, 4) is 5.75 Å². The second-order valence-corrected chi connectivity index (χ2v) is 8.11. The van der Waals surface area contributed by atoms with E-state index in [1.54, 1.807) is 5.56 Å². The van der Waals surface area contributed by atoms with Gasteiger partial charge in [-0.25, -0.2) is 0 Å². The number of phenolic OH excluding ortho intramolecular Hbond substituents is 1. The molecule has 1 N–H and O–H groups in total. The van der Waals surface area contributed by atoms with Crippen molar-refractivity contribution in [2.24, 2.45) is 5.92 Å². The zero-order valence-corrected chi connectivity index (χ0v) is 14.0. The van der Waals surface area contributed by atoms with E-state index in [4.69, 9.17) is 0 Å². The lowest BCUT2D eigenvalue weighted by atomic mass is 9.68. The van der Waals surface area contributed by atoms with E-state index in [1.807, 2.05) is 6.07 Å². The molecule has 2 aliphatic carbocycles. The van der Waals surface area contributed by atoms with E-state index in [0.29, 0.717) is 17.1 Å². The number of nitrogens with zero attached hydrogens (tertiary/aromatic N) is 1. The summed E-state index contributed by atoms with van der Waals surface area (Å²) in [5, 5.41) is 10.0. The Balaban J connectivity index is 1.83. The lowest BCUT2D eigenvalue weighted by Crippen LogP contribution is -2.46. The Hall–Kier alpha value is -1.02. The van der Waals surface area contributed by atoms with Crippen molar-refractivity contribution in [2.45, 2.75) is 69.7 Å². The van der Waals surface area contributed by atoms with Gasteiger partial charge >= 0.3 is 0 Å². The first-order valence-corrected chi connectivity index (χ1v) is 9.17. The van der Waals surface area contributed by atoms with Gasteiger partial charge in [0.2, 0.25) is 0 Å². The van der Waals surface area contributed by atoms with Crippen molar-refractivity contribution < 1.29 is 5.11 Å². The quantitative estimate of drug-likeness (QED) is 0.829. The molecule has 1 aromatic carbocycles. The maximum Gasteiger partial charge on any atom is 0.115 e. The van der Waals surface area contributed by atoms with E-state index in [-0.39, 0.29) is 0 Å². The summed E-state index contributed by atoms with van der Waals surface area (Å²) in [6, 6.07) is 7.08. The lowest BCUT2D eigenvalue weighted by molar-refractivity contribution is 0.158. The largest absolute Gasteiger partial charge is 0.508 e. The predicted octanol–water partition coefficient (Wildman–Crippen LogP) is 4.42. The summed E-state index contributed by atoms with van der Waals surface area (Å²) in [5.74, 6) is 1.74. The van der Waals surface area contributed by atoms with Crippen molar-refractivity contribution in [1.82, 2.24) is 4.90 Å². The zero-order chi connectivity index (χ0) is 15.3. The van der Waals surface area contributed by atoms with Crippen LogP contribution in [0.3, 0.4) is 0 Å². The standard InChI is InChI=1S/C20H29NO/c1-14-9-11-21(16-5-6-16)13-20(10-3-4-15(20)2)19-8-7-17(22)12-18(14)19/h7-8,12,14-16,22H,3-6,9-11,13H2,1-2H3. The van der Waals surface area contributed by atoms with Crippen molar-refractivity contribution in [1.29, 1.82) is 0 Å². The molecule has 1 aliphatic heterocycles. The minimum Gasteiger partial charge on any atom is -0.508 e. The fourth-order valence-electron chi connectivity index (χ4n) is 5.09. The number of hydrogen-bond donors (Lipinski definition) is 1. The van der Waals surface area contributed by atoms with E-state index in [1.165, 1.54) is 57.2 Å². The Bertz CT molecular complexity index is 565. The highest BCUT2D eigenvalue weighted by atomic mass is 16.3. The molecule has 0 saturated heterocycles. The van der Waals surface area contributed by atoms with Crippen LogP contribution in [0.25, 0.3) is 0 Å². The second-order valence-electron chi connectivity index (χ2n) is 8.11. The minimum atomic E-state index is 0.320. The monoisotopic (exact) mass is 299 g/mol. The van der Waals surface area contributed by atoms with Gasteiger partial charge < -0.3 is 5.11 Å². The Morgan fingerprint density at radius 2 is 1.95 bits per heavy atom. The van der Waals surface area contributed by atoms with Crippen molar-refractivity contribution in [2.75, 3.05) is 13.1 Å². The zero-order valence-electron chi connectivity index (χ0n) is 14.0. The fraction of sp³-hybridized carbons (Fsp3) is 0.700. The lowest BCUT2D eigenvalue weighted by Gasteiger charge is -2.43. The summed E-state index contributed by atoms with van der Waals surface area (Å²) >= 11 is 0. The molecule has 1 spiro atoms. The summed E-state index contributed by atoms with van der Waals surface area (Å²) in [6.45, 7) is 7.28. The Kier molecular flexibility index (Phi) is 3.48. The third kappa shape index (κ3) is 2.27. The van der Waals surface area contributed by atoms with Crippen LogP contribution in [0.15, 0.2) is 18.2 Å². The van der Waals surface area contributed by atoms with Gasteiger partial charge in [0.15, 0.2) is 0 Å². The number of hydrogen-bond acceptors (Lipinski definition) is 2. The molecule has 0 aromatic heterocycles. The first-order chi connectivity index (χ1) is 10.6. The summed E-state index contributed by atoms with van der Waals surface area (Å²) in [6.07, 6.45) is 8.06. The Morgan fingerprint density at radius 1 is 1.14 bits per heavy atom. The Morgan fingerprint density at radius 3 is 2.64 bits per heavy atom. The van der Waals surface area contributed by atoms with E-state index >= 15 is 0 Å². The van der Waals surface area contributed by atoms with Crippen LogP contribution in [0.1, 0.15) is 69.4 Å². The molecule has 120 valence electrons. The van der Waals surface area contributed by atoms with Crippen molar-refractivity contribution in [3.05, 3.63) is 29.3 Å². The first kappa shape index (κ1) is 14.6. The first-order valence-electron chi connectivity index (χ1n) is 9.17. The number of phenols is 1. The summed E-state index contributed by atoms with van der Waals surface area (Å²) in [7, 11) is 0. The smallest absolute Gasteiger partial charge is 0.115 e. The molecule has 3 aliphatic rings. The van der Waals surface area contributed by atoms with Gasteiger partial charge in [-0.15, -0.1) is 0 Å². The van der Waals surface area contributed by atoms with Gasteiger partial charge in [0.1, 0.15) is 5.75 Å². The number of rotatable bonds is 1. The molecule has 4 rings (SSSR count). The van der Waals surface area contributed by atoms with Crippen LogP contribution >= 0.6 is 0 Å². The van der Waals surface area contributed by atoms with Gasteiger partial charge in [-0.2, -0.15) is 0 Å². The molecule has 2 fully saturated rings. The van der Waals surface area contributed by atoms with Gasteiger partial charge in [-0.05, 0) is 73.7 Å². The second kappa shape index (κ2) is 5.26. The topological polar surface area (TPSA) is 23.5 Å². The third-order valence-corrected chi connectivity index (χ3v) is 6.70. The van der Waals surface area contributed by atoms with Crippen LogP contribution in [-0.4, -0.2) is 29.1 Å². The predicted molar refractivity (Wildman–Crippen MR) is 90.4 cm³/mol. The molecule has 1 aromatic rings. The molecule has 0 radical (unpaired) electrons. The highest BCUT2D eigenvalue weighted by Crippen LogP contribution is 2.51. The molecule has 3 unspecified atom stereocenters. The molecule has 0 bridgehead atoms. The average molecular weight is 299 g/mol. The maximum atomic E-state index is 10.0. The average Bonchev–Trinajstić information content (AvgIpc) is 3.27. The van der Waals surface area contributed by atoms with Gasteiger partial charge in [0.25, 0.3) is 0 Å². The summed E-state index contributed by atoms with van der Waals surface area (Å²) in [5.41, 5.74) is 3.29. The van der Waals surface area contributed by atoms with Gasteiger partial charge in [0.05, 0.1) is 0 Å². The minimum absolute atomic E-state index is 0.320. The normalized spacial score (nSPS) is 36.1. The third-order valence-electron chi connectivity index (χ3n) is 6.70. The fourth-order valence-corrected chi connectivity index (χ4v) is 5.09. The highest BCUT2D eigenvalue weighted by Gasteiger charge is 2.47. The highest BCUT2D eigenvalue weighted by molar-refractivity contribution is 5.43. The van der Waals surface area contributed by atoms with Crippen LogP contribution in [0.2, 0.25) is 0 Å². The molecule has 1 heterocycles. The van der Waals surface area contributed by atoms with E-state index < -0.39 is 0 Å². The molecule has 3 atom stereocenters. The van der Waals surface area contributed by atoms with Crippen LogP contribution in [0, 0.1) is 5.92 Å². The SMILES string of the molecule is CC1CCN(C2CC2)CC2(CCCC2C)c2ccc(O)cc21. The molecule has 2 saturated carbocycles. The Labute approximate surface area is 134 Å². The molecular formula is C20H29NO. The maximum absolute atomic E-state index is 10.0. The van der Waals surface area contributed by atoms with E-state index in [0.717, 1.165) is 12.0 Å². The van der Waals surface area contributed by atoms with Crippen LogP contribution in [-0.2, 0) is 5.41 Å². The number of fused-ring (bicyclic) bond motifs is 2. The van der Waals surface area contributed by atoms with Gasteiger partial charge in [-0.3, -0.25) is 4.90 Å². The van der Waals surface area contributed by atoms with Gasteiger partial charge in [-0.1, -0.05) is 26.3 Å². The van der Waals surface area contributed by atoms with Crippen molar-refractivity contribution in [3.63, 3.8) is 0 Å². The number of benzene rings is 1. The summed E-state index contributed by atoms with van der Waals surface area (Å²) < 4.78 is 0. The summed E-state index contributed by atoms with van der Waals surface area (Å²) in [4.78, 5) is 2.80. The molecule has 22 heavy (non-hydrogen) atoms. The molecular weight excluding hydrogens is 270 g/mol.